The zero-order valence-electron chi connectivity index (χ0n) is 27.2. The van der Waals surface area contributed by atoms with E-state index in [0.29, 0.717) is 18.8 Å². The van der Waals surface area contributed by atoms with E-state index in [4.69, 9.17) is 9.47 Å². The van der Waals surface area contributed by atoms with Gasteiger partial charge >= 0.3 is 6.03 Å². The van der Waals surface area contributed by atoms with Gasteiger partial charge in [-0.1, -0.05) is 110 Å². The third-order valence-electron chi connectivity index (χ3n) is 9.22. The smallest absolute Gasteiger partial charge is 0.319 e. The molecular formula is C40H43N3O4. The molecule has 7 nitrogen and oxygen atoms in total. The van der Waals surface area contributed by atoms with Crippen LogP contribution < -0.4 is 10.6 Å². The Bertz CT molecular complexity index is 1780. The summed E-state index contributed by atoms with van der Waals surface area (Å²) in [5, 5.41) is 17.9. The lowest BCUT2D eigenvalue weighted by atomic mass is 9.89. The van der Waals surface area contributed by atoms with Gasteiger partial charge in [0.05, 0.1) is 18.8 Å². The van der Waals surface area contributed by atoms with Crippen molar-refractivity contribution in [1.29, 1.82) is 0 Å². The van der Waals surface area contributed by atoms with Crippen LogP contribution in [0.5, 0.6) is 0 Å². The van der Waals surface area contributed by atoms with Crippen LogP contribution in [0.2, 0.25) is 0 Å². The molecule has 242 valence electrons. The molecule has 0 radical (unpaired) electrons. The zero-order valence-corrected chi connectivity index (χ0v) is 27.2. The maximum atomic E-state index is 12.7. The fraction of sp³-hybridized carbons (Fsp3) is 0.275. The van der Waals surface area contributed by atoms with Crippen molar-refractivity contribution in [3.8, 4) is 0 Å². The highest BCUT2D eigenvalue weighted by Crippen LogP contribution is 2.42. The third kappa shape index (κ3) is 7.89. The average molecular weight is 630 g/mol. The molecule has 0 spiro atoms. The number of rotatable bonds is 10. The molecular weight excluding hydrogens is 586 g/mol. The van der Waals surface area contributed by atoms with E-state index in [1.54, 1.807) is 0 Å². The van der Waals surface area contributed by atoms with Gasteiger partial charge in [0.1, 0.15) is 0 Å². The summed E-state index contributed by atoms with van der Waals surface area (Å²) in [6, 6.07) is 40.4. The third-order valence-corrected chi connectivity index (χ3v) is 9.22. The summed E-state index contributed by atoms with van der Waals surface area (Å²) in [5.74, 6) is 0.0440. The minimum atomic E-state index is -0.641. The molecule has 0 saturated carbocycles. The molecule has 1 aliphatic heterocycles. The minimum absolute atomic E-state index is 0.00804. The number of likely N-dealkylation sites (N-methyl/N-ethyl adjacent to an activating group) is 1. The number of amides is 2. The number of anilines is 1. The number of hydrogen-bond acceptors (Lipinski definition) is 5. The molecule has 5 aromatic carbocycles. The molecule has 0 aromatic heterocycles. The second-order valence-corrected chi connectivity index (χ2v) is 12.5. The Labute approximate surface area is 277 Å². The highest BCUT2D eigenvalue weighted by molar-refractivity contribution is 5.89. The SMILES string of the molecule is C[C@@H]1[C@H](CN(C)[C@H](C)c2ccc3ccccc3c2)O[C@H](c2cccc(NC(=O)NCc3ccccc3)c2)O[C@@H]1c1ccc(CO)cc1. The predicted octanol–water partition coefficient (Wildman–Crippen LogP) is 8.14. The quantitative estimate of drug-likeness (QED) is 0.145. The van der Waals surface area contributed by atoms with Crippen LogP contribution in [0, 0.1) is 5.92 Å². The predicted molar refractivity (Wildman–Crippen MR) is 187 cm³/mol. The lowest BCUT2D eigenvalue weighted by molar-refractivity contribution is -0.276. The molecule has 0 bridgehead atoms. The van der Waals surface area contributed by atoms with Gasteiger partial charge in [-0.25, -0.2) is 4.79 Å². The molecule has 2 amide bonds. The van der Waals surface area contributed by atoms with Crippen molar-refractivity contribution in [1.82, 2.24) is 10.2 Å². The molecule has 5 atom stereocenters. The summed E-state index contributed by atoms with van der Waals surface area (Å²) in [7, 11) is 2.14. The summed E-state index contributed by atoms with van der Waals surface area (Å²) >= 11 is 0. The van der Waals surface area contributed by atoms with Gasteiger partial charge in [0.2, 0.25) is 0 Å². The molecule has 0 aliphatic carbocycles. The summed E-state index contributed by atoms with van der Waals surface area (Å²) in [6.07, 6.45) is -1.02. The van der Waals surface area contributed by atoms with Crippen LogP contribution >= 0.6 is 0 Å². The largest absolute Gasteiger partial charge is 0.392 e. The van der Waals surface area contributed by atoms with E-state index in [1.165, 1.54) is 16.3 Å². The molecule has 0 unspecified atom stereocenters. The zero-order chi connectivity index (χ0) is 32.8. The first-order chi connectivity index (χ1) is 22.9. The summed E-state index contributed by atoms with van der Waals surface area (Å²) < 4.78 is 13.4. The Morgan fingerprint density at radius 1 is 0.809 bits per heavy atom. The monoisotopic (exact) mass is 629 g/mol. The lowest BCUT2D eigenvalue weighted by Crippen LogP contribution is -2.44. The molecule has 47 heavy (non-hydrogen) atoms. The maximum Gasteiger partial charge on any atom is 0.319 e. The number of aliphatic hydroxyl groups excluding tert-OH is 1. The van der Waals surface area contributed by atoms with Gasteiger partial charge in [0.25, 0.3) is 0 Å². The van der Waals surface area contributed by atoms with Crippen molar-refractivity contribution in [3.05, 3.63) is 149 Å². The van der Waals surface area contributed by atoms with Crippen molar-refractivity contribution in [2.45, 2.75) is 51.5 Å². The molecule has 1 fully saturated rings. The van der Waals surface area contributed by atoms with E-state index in [9.17, 15) is 9.90 Å². The maximum absolute atomic E-state index is 12.7. The Balaban J connectivity index is 1.20. The molecule has 6 rings (SSSR count). The van der Waals surface area contributed by atoms with Crippen molar-refractivity contribution in [3.63, 3.8) is 0 Å². The number of nitrogens with zero attached hydrogens (tertiary/aromatic N) is 1. The Kier molecular flexibility index (Phi) is 10.3. The van der Waals surface area contributed by atoms with Crippen LogP contribution in [-0.2, 0) is 22.6 Å². The van der Waals surface area contributed by atoms with E-state index in [1.807, 2.05) is 78.9 Å². The Hall–Kier alpha value is -4.53. The van der Waals surface area contributed by atoms with Crippen molar-refractivity contribution in [2.75, 3.05) is 18.9 Å². The topological polar surface area (TPSA) is 83.1 Å². The Morgan fingerprint density at radius 3 is 2.32 bits per heavy atom. The number of nitrogens with one attached hydrogen (secondary N) is 2. The number of fused-ring (bicyclic) bond motifs is 1. The van der Waals surface area contributed by atoms with Gasteiger partial charge in [-0.3, -0.25) is 4.90 Å². The molecule has 1 saturated heterocycles. The fourth-order valence-electron chi connectivity index (χ4n) is 6.21. The van der Waals surface area contributed by atoms with Crippen LogP contribution in [-0.4, -0.2) is 35.7 Å². The van der Waals surface area contributed by atoms with Crippen molar-refractivity contribution >= 4 is 22.5 Å². The van der Waals surface area contributed by atoms with Gasteiger partial charge < -0.3 is 25.2 Å². The van der Waals surface area contributed by atoms with Crippen LogP contribution in [0.15, 0.2) is 121 Å². The van der Waals surface area contributed by atoms with Crippen molar-refractivity contribution < 1.29 is 19.4 Å². The van der Waals surface area contributed by atoms with E-state index in [2.05, 4.69) is 78.9 Å². The van der Waals surface area contributed by atoms with Crippen LogP contribution in [0.25, 0.3) is 10.8 Å². The van der Waals surface area contributed by atoms with Crippen molar-refractivity contribution in [2.24, 2.45) is 5.92 Å². The van der Waals surface area contributed by atoms with Gasteiger partial charge in [0, 0.05) is 36.3 Å². The second-order valence-electron chi connectivity index (χ2n) is 12.5. The summed E-state index contributed by atoms with van der Waals surface area (Å²) in [4.78, 5) is 15.1. The first-order valence-corrected chi connectivity index (χ1v) is 16.3. The first kappa shape index (κ1) is 32.4. The number of carbonyl (C=O) groups excluding carboxylic acids is 1. The highest BCUT2D eigenvalue weighted by atomic mass is 16.7. The highest BCUT2D eigenvalue weighted by Gasteiger charge is 2.39. The number of benzene rings is 5. The van der Waals surface area contributed by atoms with Crippen LogP contribution in [0.3, 0.4) is 0 Å². The van der Waals surface area contributed by atoms with E-state index in [-0.39, 0.29) is 36.8 Å². The van der Waals surface area contributed by atoms with Gasteiger partial charge in [0.15, 0.2) is 6.29 Å². The van der Waals surface area contributed by atoms with Crippen LogP contribution in [0.1, 0.15) is 60.1 Å². The number of aliphatic hydroxyl groups is 1. The average Bonchev–Trinajstić information content (AvgIpc) is 3.11. The Morgan fingerprint density at radius 2 is 1.55 bits per heavy atom. The first-order valence-electron chi connectivity index (χ1n) is 16.3. The standard InChI is InChI=1S/C40H43N3O4/c1-27-37(25-43(3)28(2)33-21-20-31-12-7-8-13-34(31)22-33)46-39(47-38(27)32-18-16-30(26-44)17-19-32)35-14-9-15-36(23-35)42-40(45)41-24-29-10-5-4-6-11-29/h4-23,27-28,37-39,44H,24-26H2,1-3H3,(H2,41,42,45)/t27-,28-,37+,38+,39+/m1/s1. The molecule has 7 heteroatoms. The van der Waals surface area contributed by atoms with E-state index in [0.717, 1.165) is 22.3 Å². The number of ether oxygens (including phenoxy) is 2. The molecule has 5 aromatic rings. The summed E-state index contributed by atoms with van der Waals surface area (Å²) in [5.41, 5.74) is 5.65. The van der Waals surface area contributed by atoms with Gasteiger partial charge in [-0.15, -0.1) is 0 Å². The van der Waals surface area contributed by atoms with E-state index < -0.39 is 6.29 Å². The second kappa shape index (κ2) is 14.9. The van der Waals surface area contributed by atoms with Crippen LogP contribution in [0.4, 0.5) is 10.5 Å². The number of carbonyl (C=O) groups is 1. The van der Waals surface area contributed by atoms with Gasteiger partial charge in [-0.05, 0) is 65.2 Å². The van der Waals surface area contributed by atoms with Gasteiger partial charge in [-0.2, -0.15) is 0 Å². The fourth-order valence-corrected chi connectivity index (χ4v) is 6.21. The minimum Gasteiger partial charge on any atom is -0.392 e. The molecule has 1 aliphatic rings. The summed E-state index contributed by atoms with van der Waals surface area (Å²) in [6.45, 7) is 5.53. The molecule has 1 heterocycles. The molecule has 3 N–H and O–H groups in total. The number of hydrogen-bond donors (Lipinski definition) is 3. The van der Waals surface area contributed by atoms with E-state index >= 15 is 0 Å². The lowest BCUT2D eigenvalue weighted by Gasteiger charge is -2.43. The number of urea groups is 1. The normalized spacial score (nSPS) is 20.2.